The molecule has 0 radical (unpaired) electrons. The van der Waals surface area contributed by atoms with E-state index >= 15 is 0 Å². The Labute approximate surface area is 214 Å². The fourth-order valence-corrected chi connectivity index (χ4v) is 4.17. The van der Waals surface area contributed by atoms with Crippen LogP contribution in [0.5, 0.6) is 5.75 Å². The van der Waals surface area contributed by atoms with Gasteiger partial charge in [-0.2, -0.15) is 0 Å². The summed E-state index contributed by atoms with van der Waals surface area (Å²) in [5, 5.41) is 17.2. The van der Waals surface area contributed by atoms with Crippen molar-refractivity contribution in [3.8, 4) is 5.75 Å². The summed E-state index contributed by atoms with van der Waals surface area (Å²) in [6.45, 7) is 2.30. The predicted molar refractivity (Wildman–Crippen MR) is 148 cm³/mol. The Morgan fingerprint density at radius 2 is 1.36 bits per heavy atom. The van der Waals surface area contributed by atoms with Gasteiger partial charge in [-0.15, -0.1) is 0 Å². The lowest BCUT2D eigenvalue weighted by atomic mass is 9.88. The van der Waals surface area contributed by atoms with Gasteiger partial charge in [0, 0.05) is 30.4 Å². The van der Waals surface area contributed by atoms with Crippen molar-refractivity contribution in [1.82, 2.24) is 5.32 Å². The fraction of sp³-hybridized carbons (Fsp3) is 0.226. The van der Waals surface area contributed by atoms with Gasteiger partial charge in [-0.05, 0) is 66.1 Å². The molecule has 0 spiro atoms. The van der Waals surface area contributed by atoms with Gasteiger partial charge < -0.3 is 26.2 Å². The topological polar surface area (TPSA) is 79.5 Å². The molecule has 0 aliphatic carbocycles. The lowest BCUT2D eigenvalue weighted by Crippen LogP contribution is -2.32. The quantitative estimate of drug-likeness (QED) is 0.151. The highest BCUT2D eigenvalue weighted by molar-refractivity contribution is 5.48. The summed E-state index contributed by atoms with van der Waals surface area (Å²) in [4.78, 5) is 0. The smallest absolute Gasteiger partial charge is 0.119 e. The molecule has 5 N–H and O–H groups in total. The van der Waals surface area contributed by atoms with Crippen LogP contribution in [0, 0.1) is 0 Å². The Kier molecular flexibility index (Phi) is 9.37. The standard InChI is InChI=1S/C31H35N3O2/c32-27-15-11-25(12-16-27)31(19-20-33-22-29(35)23-36-30-9-5-2-6-10-30)26-13-17-28(18-14-26)34-21-24-7-3-1-4-8-24/h1-18,29,31,33-35H,19-23,32H2/t29-,31?/m0/s1. The van der Waals surface area contributed by atoms with Crippen LogP contribution in [0.25, 0.3) is 0 Å². The Balaban J connectivity index is 1.31. The van der Waals surface area contributed by atoms with Crippen LogP contribution >= 0.6 is 0 Å². The van der Waals surface area contributed by atoms with E-state index in [-0.39, 0.29) is 12.5 Å². The SMILES string of the molecule is Nc1ccc(C(CCNC[C@H](O)COc2ccccc2)c2ccc(NCc3ccccc3)cc2)cc1. The van der Waals surface area contributed by atoms with E-state index in [1.807, 2.05) is 48.5 Å². The summed E-state index contributed by atoms with van der Waals surface area (Å²) >= 11 is 0. The van der Waals surface area contributed by atoms with Crippen molar-refractivity contribution in [3.05, 3.63) is 126 Å². The van der Waals surface area contributed by atoms with Gasteiger partial charge in [-0.3, -0.25) is 0 Å². The first-order chi connectivity index (χ1) is 17.7. The molecular weight excluding hydrogens is 446 g/mol. The zero-order valence-electron chi connectivity index (χ0n) is 20.5. The van der Waals surface area contributed by atoms with Gasteiger partial charge in [-0.1, -0.05) is 72.8 Å². The number of hydrogen-bond acceptors (Lipinski definition) is 5. The first-order valence-corrected chi connectivity index (χ1v) is 12.5. The number of aliphatic hydroxyl groups excluding tert-OH is 1. The third-order valence-electron chi connectivity index (χ3n) is 6.17. The number of hydrogen-bond donors (Lipinski definition) is 4. The van der Waals surface area contributed by atoms with E-state index in [0.717, 1.165) is 36.6 Å². The molecule has 0 bridgehead atoms. The monoisotopic (exact) mass is 481 g/mol. The van der Waals surface area contributed by atoms with Gasteiger partial charge in [0.05, 0.1) is 0 Å². The van der Waals surface area contributed by atoms with Crippen LogP contribution in [-0.4, -0.2) is 30.9 Å². The summed E-state index contributed by atoms with van der Waals surface area (Å²) in [5.74, 6) is 0.987. The third kappa shape index (κ3) is 7.87. The number of ether oxygens (including phenoxy) is 1. The predicted octanol–water partition coefficient (Wildman–Crippen LogP) is 5.43. The average molecular weight is 482 g/mol. The number of rotatable bonds is 13. The molecule has 2 atom stereocenters. The van der Waals surface area contributed by atoms with E-state index in [9.17, 15) is 5.11 Å². The number of nitrogens with one attached hydrogen (secondary N) is 2. The average Bonchev–Trinajstić information content (AvgIpc) is 2.93. The van der Waals surface area contributed by atoms with Gasteiger partial charge in [-0.25, -0.2) is 0 Å². The number of benzene rings is 4. The van der Waals surface area contributed by atoms with Gasteiger partial charge in [0.15, 0.2) is 0 Å². The van der Waals surface area contributed by atoms with Crippen LogP contribution in [0.2, 0.25) is 0 Å². The van der Waals surface area contributed by atoms with Crippen molar-refractivity contribution >= 4 is 11.4 Å². The molecule has 5 heteroatoms. The van der Waals surface area contributed by atoms with Crippen LogP contribution in [0.4, 0.5) is 11.4 Å². The minimum atomic E-state index is -0.574. The molecule has 5 nitrogen and oxygen atoms in total. The minimum absolute atomic E-state index is 0.221. The van der Waals surface area contributed by atoms with Crippen LogP contribution < -0.4 is 21.1 Å². The van der Waals surface area contributed by atoms with E-state index in [2.05, 4.69) is 71.3 Å². The van der Waals surface area contributed by atoms with Crippen LogP contribution in [-0.2, 0) is 6.54 Å². The molecule has 0 heterocycles. The maximum absolute atomic E-state index is 10.3. The molecule has 0 aliphatic rings. The fourth-order valence-electron chi connectivity index (χ4n) is 4.17. The lowest BCUT2D eigenvalue weighted by Gasteiger charge is -2.20. The molecule has 0 amide bonds. The maximum atomic E-state index is 10.3. The second-order valence-electron chi connectivity index (χ2n) is 8.95. The van der Waals surface area contributed by atoms with E-state index in [0.29, 0.717) is 6.54 Å². The Morgan fingerprint density at radius 3 is 2.03 bits per heavy atom. The number of nitrogens with two attached hydrogens (primary N) is 1. The largest absolute Gasteiger partial charge is 0.491 e. The van der Waals surface area contributed by atoms with E-state index in [4.69, 9.17) is 10.5 Å². The number of anilines is 2. The van der Waals surface area contributed by atoms with Gasteiger partial charge in [0.2, 0.25) is 0 Å². The first kappa shape index (κ1) is 25.3. The summed E-state index contributed by atoms with van der Waals surface area (Å²) in [6, 6.07) is 36.7. The Bertz CT molecular complexity index is 1150. The Hall–Kier alpha value is -3.80. The maximum Gasteiger partial charge on any atom is 0.119 e. The number of nitrogen functional groups attached to an aromatic ring is 1. The van der Waals surface area contributed by atoms with Crippen molar-refractivity contribution in [2.24, 2.45) is 0 Å². The normalized spacial score (nSPS) is 12.6. The van der Waals surface area contributed by atoms with E-state index in [1.54, 1.807) is 0 Å². The second-order valence-corrected chi connectivity index (χ2v) is 8.95. The highest BCUT2D eigenvalue weighted by atomic mass is 16.5. The lowest BCUT2D eigenvalue weighted by molar-refractivity contribution is 0.106. The molecule has 4 rings (SSSR count). The number of para-hydroxylation sites is 1. The van der Waals surface area contributed by atoms with Crippen molar-refractivity contribution < 1.29 is 9.84 Å². The van der Waals surface area contributed by atoms with Crippen LogP contribution in [0.15, 0.2) is 109 Å². The summed E-state index contributed by atoms with van der Waals surface area (Å²) < 4.78 is 5.65. The Morgan fingerprint density at radius 1 is 0.750 bits per heavy atom. The molecule has 4 aromatic rings. The summed E-state index contributed by atoms with van der Waals surface area (Å²) in [6.07, 6.45) is 0.322. The summed E-state index contributed by atoms with van der Waals surface area (Å²) in [5.41, 5.74) is 11.5. The van der Waals surface area contributed by atoms with Gasteiger partial charge in [0.25, 0.3) is 0 Å². The van der Waals surface area contributed by atoms with Crippen molar-refractivity contribution in [2.45, 2.75) is 25.0 Å². The molecule has 4 aromatic carbocycles. The van der Waals surface area contributed by atoms with Crippen molar-refractivity contribution in [1.29, 1.82) is 0 Å². The second kappa shape index (κ2) is 13.3. The highest BCUT2D eigenvalue weighted by Gasteiger charge is 2.15. The van der Waals surface area contributed by atoms with Crippen LogP contribution in [0.3, 0.4) is 0 Å². The minimum Gasteiger partial charge on any atom is -0.491 e. The molecule has 1 unspecified atom stereocenters. The molecular formula is C31H35N3O2. The molecule has 0 saturated heterocycles. The van der Waals surface area contributed by atoms with Gasteiger partial charge in [0.1, 0.15) is 18.5 Å². The summed E-state index contributed by atoms with van der Waals surface area (Å²) in [7, 11) is 0. The van der Waals surface area contributed by atoms with E-state index in [1.165, 1.54) is 16.7 Å². The highest BCUT2D eigenvalue weighted by Crippen LogP contribution is 2.29. The van der Waals surface area contributed by atoms with Crippen LogP contribution in [0.1, 0.15) is 29.0 Å². The molecule has 36 heavy (non-hydrogen) atoms. The van der Waals surface area contributed by atoms with Gasteiger partial charge >= 0.3 is 0 Å². The first-order valence-electron chi connectivity index (χ1n) is 12.5. The molecule has 0 fully saturated rings. The zero-order valence-corrected chi connectivity index (χ0v) is 20.5. The van der Waals surface area contributed by atoms with Crippen molar-refractivity contribution in [3.63, 3.8) is 0 Å². The molecule has 0 aliphatic heterocycles. The number of aliphatic hydroxyl groups is 1. The van der Waals surface area contributed by atoms with Crippen molar-refractivity contribution in [2.75, 3.05) is 30.7 Å². The molecule has 0 aromatic heterocycles. The van der Waals surface area contributed by atoms with E-state index < -0.39 is 6.10 Å². The molecule has 186 valence electrons. The third-order valence-corrected chi connectivity index (χ3v) is 6.17. The zero-order chi connectivity index (χ0) is 25.0. The molecule has 0 saturated carbocycles.